The minimum atomic E-state index is -5.19. The van der Waals surface area contributed by atoms with Gasteiger partial charge in [0.05, 0.1) is 4.70 Å². The van der Waals surface area contributed by atoms with Crippen molar-refractivity contribution in [2.24, 2.45) is 0 Å². The van der Waals surface area contributed by atoms with Gasteiger partial charge in [0.2, 0.25) is 0 Å². The lowest BCUT2D eigenvalue weighted by Crippen LogP contribution is -2.37. The van der Waals surface area contributed by atoms with Crippen LogP contribution < -0.4 is 10.1 Å². The Balaban J connectivity index is 0.000000296. The average molecular weight is 377 g/mol. The summed E-state index contributed by atoms with van der Waals surface area (Å²) < 4.78 is 32.9. The summed E-state index contributed by atoms with van der Waals surface area (Å²) in [7, 11) is 0. The molecule has 3 nitrogen and oxygen atoms in total. The van der Waals surface area contributed by atoms with Gasteiger partial charge in [0.1, 0.15) is 5.97 Å². The predicted octanol–water partition coefficient (Wildman–Crippen LogP) is 1.63. The van der Waals surface area contributed by atoms with Crippen LogP contribution in [-0.4, -0.2) is 12.1 Å². The van der Waals surface area contributed by atoms with Crippen molar-refractivity contribution in [2.75, 3.05) is 0 Å². The second kappa shape index (κ2) is 6.74. The van der Waals surface area contributed by atoms with Gasteiger partial charge in [-0.15, -0.1) is 35.3 Å². The topological polar surface area (TPSA) is 54.3 Å². The molecule has 0 aromatic carbocycles. The van der Waals surface area contributed by atoms with Crippen LogP contribution in [-0.2, 0) is 4.79 Å². The summed E-state index contributed by atoms with van der Waals surface area (Å²) in [4.78, 5) is 11.8. The predicted molar refractivity (Wildman–Crippen MR) is 64.9 cm³/mol. The molecular weight excluding hydrogens is 370 g/mol. The van der Waals surface area contributed by atoms with E-state index >= 15 is 0 Å². The fourth-order valence-corrected chi connectivity index (χ4v) is 1.62. The van der Waals surface area contributed by atoms with Gasteiger partial charge in [0, 0.05) is 11.5 Å². The number of halogens is 4. The zero-order valence-electron chi connectivity index (χ0n) is 8.15. The smallest absolute Gasteiger partial charge is 0.430 e. The Labute approximate surface area is 115 Å². The van der Waals surface area contributed by atoms with Gasteiger partial charge in [0.15, 0.2) is 12.4 Å². The van der Waals surface area contributed by atoms with E-state index in [0.717, 1.165) is 0 Å². The van der Waals surface area contributed by atoms with Crippen molar-refractivity contribution >= 4 is 51.4 Å². The third kappa shape index (κ3) is 5.31. The van der Waals surface area contributed by atoms with Crippen LogP contribution in [0.25, 0.3) is 10.1 Å². The van der Waals surface area contributed by atoms with Gasteiger partial charge in [-0.25, -0.2) is 4.98 Å². The molecule has 2 aromatic rings. The number of pyridine rings is 1. The molecule has 0 bridgehead atoms. The summed E-state index contributed by atoms with van der Waals surface area (Å²) in [5.74, 6) is -3.01. The Morgan fingerprint density at radius 3 is 2.41 bits per heavy atom. The van der Waals surface area contributed by atoms with Crippen LogP contribution in [0.15, 0.2) is 29.9 Å². The second-order valence-electron chi connectivity index (χ2n) is 2.67. The van der Waals surface area contributed by atoms with Crippen molar-refractivity contribution in [1.82, 2.24) is 0 Å². The SMILES string of the molecule is I.O=C([O-])C(F)(F)F.c1cc2ccsc2c[nH+]1. The van der Waals surface area contributed by atoms with Crippen LogP contribution in [0, 0.1) is 0 Å². The van der Waals surface area contributed by atoms with Gasteiger partial charge in [-0.2, -0.15) is 13.2 Å². The van der Waals surface area contributed by atoms with Crippen LogP contribution in [0.1, 0.15) is 0 Å². The molecule has 94 valence electrons. The number of alkyl halides is 3. The number of aromatic amines is 1. The fraction of sp³-hybridized carbons (Fsp3) is 0.111. The minimum absolute atomic E-state index is 0. The van der Waals surface area contributed by atoms with E-state index in [1.807, 2.05) is 12.4 Å². The van der Waals surface area contributed by atoms with E-state index in [-0.39, 0.29) is 24.0 Å². The number of hydrogen-bond donors (Lipinski definition) is 0. The van der Waals surface area contributed by atoms with E-state index in [0.29, 0.717) is 0 Å². The number of carboxylic acids is 1. The Morgan fingerprint density at radius 2 is 1.94 bits per heavy atom. The van der Waals surface area contributed by atoms with Crippen LogP contribution in [0.5, 0.6) is 0 Å². The van der Waals surface area contributed by atoms with Crippen LogP contribution in [0.4, 0.5) is 13.2 Å². The van der Waals surface area contributed by atoms with Crippen LogP contribution in [0.2, 0.25) is 0 Å². The van der Waals surface area contributed by atoms with Crippen molar-refractivity contribution in [3.63, 3.8) is 0 Å². The van der Waals surface area contributed by atoms with Gasteiger partial charge in [0.25, 0.3) is 0 Å². The molecule has 2 heterocycles. The number of carbonyl (C=O) groups is 1. The Hall–Kier alpha value is -0.900. The maximum absolute atomic E-state index is 10.5. The summed E-state index contributed by atoms with van der Waals surface area (Å²) in [5, 5.41) is 12.2. The molecule has 0 atom stereocenters. The lowest BCUT2D eigenvalue weighted by atomic mass is 10.3. The van der Waals surface area contributed by atoms with E-state index in [4.69, 9.17) is 9.90 Å². The standard InChI is InChI=1S/C7H5NS.C2HF3O2.HI/c1-3-8-5-7-6(1)2-4-9-7;3-2(4,5)1(6)7;/h1-5H;(H,6,7);1H. The highest BCUT2D eigenvalue weighted by Gasteiger charge is 2.28. The number of aromatic nitrogens is 1. The molecule has 8 heteroatoms. The van der Waals surface area contributed by atoms with Crippen molar-refractivity contribution in [3.8, 4) is 0 Å². The van der Waals surface area contributed by atoms with Gasteiger partial charge >= 0.3 is 6.18 Å². The molecule has 17 heavy (non-hydrogen) atoms. The number of hydrogen-bond acceptors (Lipinski definition) is 3. The van der Waals surface area contributed by atoms with Crippen molar-refractivity contribution in [3.05, 3.63) is 29.9 Å². The van der Waals surface area contributed by atoms with E-state index in [2.05, 4.69) is 22.5 Å². The molecule has 0 spiro atoms. The third-order valence-corrected chi connectivity index (χ3v) is 2.41. The summed E-state index contributed by atoms with van der Waals surface area (Å²) in [6, 6.07) is 4.19. The van der Waals surface area contributed by atoms with Gasteiger partial charge in [-0.1, -0.05) is 0 Å². The fourth-order valence-electron chi connectivity index (χ4n) is 0.848. The third-order valence-electron chi connectivity index (χ3n) is 1.53. The lowest BCUT2D eigenvalue weighted by molar-refractivity contribution is -0.375. The summed E-state index contributed by atoms with van der Waals surface area (Å²) in [6.45, 7) is 0. The molecule has 0 aliphatic carbocycles. The number of nitrogens with one attached hydrogen (secondary N) is 1. The molecule has 2 aromatic heterocycles. The molecule has 0 unspecified atom stereocenters. The minimum Gasteiger partial charge on any atom is -0.542 e. The van der Waals surface area contributed by atoms with Gasteiger partial charge in [-0.3, -0.25) is 0 Å². The average Bonchev–Trinajstić information content (AvgIpc) is 2.64. The van der Waals surface area contributed by atoms with E-state index in [1.54, 1.807) is 11.3 Å². The molecule has 0 aliphatic rings. The number of thiophene rings is 1. The number of aliphatic carboxylic acids is 1. The lowest BCUT2D eigenvalue weighted by Gasteiger charge is -2.03. The first-order chi connectivity index (χ1) is 7.41. The Morgan fingerprint density at radius 1 is 1.35 bits per heavy atom. The summed E-state index contributed by atoms with van der Waals surface area (Å²) in [6.07, 6.45) is -1.24. The molecular formula is C9H7F3INO2S. The van der Waals surface area contributed by atoms with Crippen LogP contribution >= 0.6 is 35.3 Å². The molecule has 2 rings (SSSR count). The number of fused-ring (bicyclic) bond motifs is 1. The van der Waals surface area contributed by atoms with Crippen molar-refractivity contribution in [1.29, 1.82) is 0 Å². The highest BCUT2D eigenvalue weighted by atomic mass is 127. The first-order valence-corrected chi connectivity index (χ1v) is 4.90. The summed E-state index contributed by atoms with van der Waals surface area (Å²) in [5.41, 5.74) is 0. The zero-order chi connectivity index (χ0) is 12.2. The maximum Gasteiger partial charge on any atom is 0.430 e. The van der Waals surface area contributed by atoms with E-state index in [9.17, 15) is 13.2 Å². The van der Waals surface area contributed by atoms with Crippen LogP contribution in [0.3, 0.4) is 0 Å². The second-order valence-corrected chi connectivity index (χ2v) is 3.62. The van der Waals surface area contributed by atoms with E-state index < -0.39 is 12.1 Å². The Bertz CT molecular complexity index is 456. The molecule has 0 saturated carbocycles. The maximum atomic E-state index is 10.5. The quantitative estimate of drug-likeness (QED) is 0.656. The highest BCUT2D eigenvalue weighted by Crippen LogP contribution is 2.16. The number of H-pyrrole nitrogens is 1. The highest BCUT2D eigenvalue weighted by molar-refractivity contribution is 14.0. The largest absolute Gasteiger partial charge is 0.542 e. The molecule has 0 fully saturated rings. The van der Waals surface area contributed by atoms with Gasteiger partial charge in [-0.05, 0) is 11.4 Å². The Kier molecular flexibility index (Phi) is 6.39. The number of rotatable bonds is 0. The molecule has 0 radical (unpaired) electrons. The molecule has 0 amide bonds. The van der Waals surface area contributed by atoms with Crippen molar-refractivity contribution in [2.45, 2.75) is 6.18 Å². The zero-order valence-corrected chi connectivity index (χ0v) is 11.3. The number of carboxylic acid groups (broad SMARTS) is 1. The number of carbonyl (C=O) groups excluding carboxylic acids is 1. The summed E-state index contributed by atoms with van der Waals surface area (Å²) >= 11 is 1.76. The first-order valence-electron chi connectivity index (χ1n) is 4.03. The van der Waals surface area contributed by atoms with Gasteiger partial charge < -0.3 is 9.90 Å². The first kappa shape index (κ1) is 16.1. The normalized spacial score (nSPS) is 10.1. The van der Waals surface area contributed by atoms with E-state index in [1.165, 1.54) is 10.1 Å². The molecule has 1 N–H and O–H groups in total. The van der Waals surface area contributed by atoms with Crippen molar-refractivity contribution < 1.29 is 28.1 Å². The monoisotopic (exact) mass is 377 g/mol. The molecule has 0 saturated heterocycles. The molecule has 0 aliphatic heterocycles.